The molecule has 2 saturated carbocycles. The monoisotopic (exact) mass is 140 g/mol. The van der Waals surface area contributed by atoms with Gasteiger partial charge in [-0.3, -0.25) is 4.79 Å². The molecule has 0 aromatic heterocycles. The Morgan fingerprint density at radius 3 is 2.60 bits per heavy atom. The number of carboxylic acid groups (broad SMARTS) is 1. The van der Waals surface area contributed by atoms with Gasteiger partial charge in [-0.2, -0.15) is 0 Å². The molecule has 0 aromatic rings. The summed E-state index contributed by atoms with van der Waals surface area (Å²) < 4.78 is 0. The lowest BCUT2D eigenvalue weighted by molar-refractivity contribution is -0.142. The predicted molar refractivity (Wildman–Crippen MR) is 36.6 cm³/mol. The van der Waals surface area contributed by atoms with Crippen molar-refractivity contribution < 1.29 is 9.90 Å². The van der Waals surface area contributed by atoms with Crippen molar-refractivity contribution in [3.8, 4) is 0 Å². The van der Waals surface area contributed by atoms with Gasteiger partial charge in [0, 0.05) is 0 Å². The van der Waals surface area contributed by atoms with Gasteiger partial charge in [-0.1, -0.05) is 0 Å². The second kappa shape index (κ2) is 1.97. The van der Waals surface area contributed by atoms with E-state index in [4.69, 9.17) is 5.11 Å². The molecule has 2 aliphatic carbocycles. The molecule has 0 amide bonds. The summed E-state index contributed by atoms with van der Waals surface area (Å²) in [6, 6.07) is 0. The highest BCUT2D eigenvalue weighted by Gasteiger charge is 2.43. The third-order valence-electron chi connectivity index (χ3n) is 2.89. The average molecular weight is 140 g/mol. The van der Waals surface area contributed by atoms with Crippen LogP contribution < -0.4 is 0 Å². The van der Waals surface area contributed by atoms with E-state index in [1.54, 1.807) is 0 Å². The first kappa shape index (κ1) is 6.20. The molecule has 3 atom stereocenters. The molecule has 0 aliphatic heterocycles. The largest absolute Gasteiger partial charge is 0.481 e. The molecule has 0 radical (unpaired) electrons. The fourth-order valence-electron chi connectivity index (χ4n) is 2.08. The zero-order valence-corrected chi connectivity index (χ0v) is 5.92. The van der Waals surface area contributed by atoms with E-state index in [2.05, 4.69) is 0 Å². The van der Waals surface area contributed by atoms with Crippen molar-refractivity contribution in [1.82, 2.24) is 0 Å². The van der Waals surface area contributed by atoms with Gasteiger partial charge in [-0.25, -0.2) is 0 Å². The molecule has 2 aliphatic rings. The molecule has 0 aromatic carbocycles. The summed E-state index contributed by atoms with van der Waals surface area (Å²) in [6.45, 7) is 0. The molecule has 1 N–H and O–H groups in total. The smallest absolute Gasteiger partial charge is 0.306 e. The van der Waals surface area contributed by atoms with E-state index in [-0.39, 0.29) is 5.92 Å². The van der Waals surface area contributed by atoms with Crippen molar-refractivity contribution in [2.75, 3.05) is 0 Å². The number of carbonyl (C=O) groups is 1. The summed E-state index contributed by atoms with van der Waals surface area (Å²) in [7, 11) is 0. The maximum Gasteiger partial charge on any atom is 0.306 e. The molecule has 2 nitrogen and oxygen atoms in total. The molecule has 0 unspecified atom stereocenters. The van der Waals surface area contributed by atoms with Gasteiger partial charge >= 0.3 is 5.97 Å². The number of carboxylic acids is 1. The summed E-state index contributed by atoms with van der Waals surface area (Å²) in [4.78, 5) is 10.5. The normalized spacial score (nSPS) is 44.2. The highest BCUT2D eigenvalue weighted by Crippen LogP contribution is 2.51. The Balaban J connectivity index is 1.94. The number of hydrogen-bond acceptors (Lipinski definition) is 1. The van der Waals surface area contributed by atoms with Gasteiger partial charge in [-0.05, 0) is 37.5 Å². The molecule has 2 heteroatoms. The third kappa shape index (κ3) is 0.917. The Hall–Kier alpha value is -0.530. The standard InChI is InChI=1S/C8H12O2/c9-8(10)6-2-1-5-3-7(5)4-6/h5-7H,1-4H2,(H,9,10)/t5-,6+,7-/m1/s1. The van der Waals surface area contributed by atoms with Crippen LogP contribution in [0.5, 0.6) is 0 Å². The molecule has 2 fully saturated rings. The first-order valence-electron chi connectivity index (χ1n) is 4.00. The lowest BCUT2D eigenvalue weighted by Gasteiger charge is -2.15. The molecule has 56 valence electrons. The van der Waals surface area contributed by atoms with Crippen LogP contribution in [0, 0.1) is 17.8 Å². The average Bonchev–Trinajstić information content (AvgIpc) is 2.63. The van der Waals surface area contributed by atoms with E-state index in [1.807, 2.05) is 0 Å². The number of aliphatic carboxylic acids is 1. The van der Waals surface area contributed by atoms with E-state index in [0.717, 1.165) is 24.7 Å². The van der Waals surface area contributed by atoms with Crippen molar-refractivity contribution in [1.29, 1.82) is 0 Å². The molecule has 0 spiro atoms. The van der Waals surface area contributed by atoms with Crippen molar-refractivity contribution in [3.63, 3.8) is 0 Å². The highest BCUT2D eigenvalue weighted by atomic mass is 16.4. The number of hydrogen-bond donors (Lipinski definition) is 1. The van der Waals surface area contributed by atoms with Crippen molar-refractivity contribution >= 4 is 5.97 Å². The zero-order chi connectivity index (χ0) is 7.14. The molecular formula is C8H12O2. The summed E-state index contributed by atoms with van der Waals surface area (Å²) in [5.74, 6) is 1.11. The molecule has 0 heterocycles. The van der Waals surface area contributed by atoms with Crippen LogP contribution in [-0.2, 0) is 4.79 Å². The van der Waals surface area contributed by atoms with Crippen molar-refractivity contribution in [3.05, 3.63) is 0 Å². The maximum absolute atomic E-state index is 10.5. The van der Waals surface area contributed by atoms with Crippen LogP contribution >= 0.6 is 0 Å². The van der Waals surface area contributed by atoms with Gasteiger partial charge in [0.15, 0.2) is 0 Å². The topological polar surface area (TPSA) is 37.3 Å². The predicted octanol–water partition coefficient (Wildman–Crippen LogP) is 1.51. The Morgan fingerprint density at radius 2 is 2.00 bits per heavy atom. The Bertz CT molecular complexity index is 165. The highest BCUT2D eigenvalue weighted by molar-refractivity contribution is 5.70. The van der Waals surface area contributed by atoms with Gasteiger partial charge in [0.05, 0.1) is 5.92 Å². The van der Waals surface area contributed by atoms with E-state index in [1.165, 1.54) is 12.8 Å². The summed E-state index contributed by atoms with van der Waals surface area (Å²) in [5.41, 5.74) is 0. The van der Waals surface area contributed by atoms with Gasteiger partial charge in [0.1, 0.15) is 0 Å². The van der Waals surface area contributed by atoms with Crippen LogP contribution in [0.4, 0.5) is 0 Å². The van der Waals surface area contributed by atoms with E-state index >= 15 is 0 Å². The van der Waals surface area contributed by atoms with E-state index < -0.39 is 5.97 Å². The van der Waals surface area contributed by atoms with Crippen LogP contribution in [0.3, 0.4) is 0 Å². The lowest BCUT2D eigenvalue weighted by atomic mass is 9.89. The van der Waals surface area contributed by atoms with Gasteiger partial charge in [0.25, 0.3) is 0 Å². The second-order valence-corrected chi connectivity index (χ2v) is 3.60. The Kier molecular flexibility index (Phi) is 1.22. The zero-order valence-electron chi connectivity index (χ0n) is 5.92. The minimum atomic E-state index is -0.578. The molecule has 2 rings (SSSR count). The first-order chi connectivity index (χ1) is 4.77. The molecule has 0 saturated heterocycles. The van der Waals surface area contributed by atoms with Crippen molar-refractivity contribution in [2.24, 2.45) is 17.8 Å². The Morgan fingerprint density at radius 1 is 1.20 bits per heavy atom. The summed E-state index contributed by atoms with van der Waals surface area (Å²) >= 11 is 0. The minimum Gasteiger partial charge on any atom is -0.481 e. The number of rotatable bonds is 1. The van der Waals surface area contributed by atoms with Crippen molar-refractivity contribution in [2.45, 2.75) is 25.7 Å². The van der Waals surface area contributed by atoms with E-state index in [9.17, 15) is 4.79 Å². The number of fused-ring (bicyclic) bond motifs is 1. The quantitative estimate of drug-likeness (QED) is 0.599. The van der Waals surface area contributed by atoms with Gasteiger partial charge < -0.3 is 5.11 Å². The third-order valence-corrected chi connectivity index (χ3v) is 2.89. The SMILES string of the molecule is O=C(O)[C@H]1CC[C@@H]2C[C@@H]2C1. The fourth-order valence-corrected chi connectivity index (χ4v) is 2.08. The molecular weight excluding hydrogens is 128 g/mol. The maximum atomic E-state index is 10.5. The first-order valence-corrected chi connectivity index (χ1v) is 4.00. The molecule has 0 bridgehead atoms. The lowest BCUT2D eigenvalue weighted by Crippen LogP contribution is -2.17. The minimum absolute atomic E-state index is 0.0104. The van der Waals surface area contributed by atoms with Crippen LogP contribution in [0.2, 0.25) is 0 Å². The van der Waals surface area contributed by atoms with E-state index in [0.29, 0.717) is 0 Å². The summed E-state index contributed by atoms with van der Waals surface area (Å²) in [5, 5.41) is 8.67. The van der Waals surface area contributed by atoms with Crippen LogP contribution in [0.25, 0.3) is 0 Å². The Labute approximate surface area is 60.2 Å². The van der Waals surface area contributed by atoms with Crippen LogP contribution in [0.15, 0.2) is 0 Å². The molecule has 10 heavy (non-hydrogen) atoms. The van der Waals surface area contributed by atoms with Crippen LogP contribution in [-0.4, -0.2) is 11.1 Å². The fraction of sp³-hybridized carbons (Fsp3) is 0.875. The van der Waals surface area contributed by atoms with Gasteiger partial charge in [0.2, 0.25) is 0 Å². The van der Waals surface area contributed by atoms with Gasteiger partial charge in [-0.15, -0.1) is 0 Å². The van der Waals surface area contributed by atoms with Crippen LogP contribution in [0.1, 0.15) is 25.7 Å². The second-order valence-electron chi connectivity index (χ2n) is 3.60. The summed E-state index contributed by atoms with van der Waals surface area (Å²) in [6.07, 6.45) is 4.36.